The number of aliphatic hydroxyl groups excluding tert-OH is 1. The molecular weight excluding hydrogens is 298 g/mol. The Morgan fingerprint density at radius 3 is 2.42 bits per heavy atom. The van der Waals surface area contributed by atoms with Crippen LogP contribution < -0.4 is 0 Å². The van der Waals surface area contributed by atoms with Crippen molar-refractivity contribution in [3.63, 3.8) is 0 Å². The van der Waals surface area contributed by atoms with E-state index in [1.165, 1.54) is 0 Å². The molecule has 3 aromatic carbocycles. The fraction of sp³-hybridized carbons (Fsp3) is 0.0952. The largest absolute Gasteiger partial charge is 0.385 e. The minimum Gasteiger partial charge on any atom is -0.385 e. The normalized spacial score (nSPS) is 12.5. The second kappa shape index (κ2) is 5.95. The molecule has 0 spiro atoms. The second-order valence-electron chi connectivity index (χ2n) is 5.97. The van der Waals surface area contributed by atoms with Crippen LogP contribution in [-0.4, -0.2) is 22.0 Å². The molecular formula is C21H17NO2. The van der Waals surface area contributed by atoms with Crippen molar-refractivity contribution in [2.24, 2.45) is 0 Å². The van der Waals surface area contributed by atoms with Crippen LogP contribution in [-0.2, 0) is 6.42 Å². The fourth-order valence-corrected chi connectivity index (χ4v) is 3.19. The van der Waals surface area contributed by atoms with E-state index in [0.29, 0.717) is 12.0 Å². The first kappa shape index (κ1) is 14.7. The lowest BCUT2D eigenvalue weighted by Gasteiger charge is -2.10. The molecule has 1 heterocycles. The summed E-state index contributed by atoms with van der Waals surface area (Å²) < 4.78 is 0. The highest BCUT2D eigenvalue weighted by atomic mass is 16.3. The van der Waals surface area contributed by atoms with Crippen LogP contribution >= 0.6 is 0 Å². The summed E-state index contributed by atoms with van der Waals surface area (Å²) in [4.78, 5) is 16.1. The molecule has 4 rings (SSSR count). The number of fused-ring (bicyclic) bond motifs is 3. The van der Waals surface area contributed by atoms with Gasteiger partial charge in [-0.3, -0.25) is 4.79 Å². The van der Waals surface area contributed by atoms with Gasteiger partial charge in [0.25, 0.3) is 0 Å². The molecule has 4 aromatic rings. The Morgan fingerprint density at radius 1 is 0.875 bits per heavy atom. The Balaban J connectivity index is 1.74. The summed E-state index contributed by atoms with van der Waals surface area (Å²) in [6, 6.07) is 23.2. The Kier molecular flexibility index (Phi) is 3.63. The van der Waals surface area contributed by atoms with Crippen molar-refractivity contribution in [3.8, 4) is 0 Å². The number of carbonyl (C=O) groups is 1. The molecule has 0 saturated carbocycles. The summed E-state index contributed by atoms with van der Waals surface area (Å²) in [5.74, 6) is -0.254. The van der Waals surface area contributed by atoms with Gasteiger partial charge >= 0.3 is 0 Å². The van der Waals surface area contributed by atoms with E-state index < -0.39 is 6.10 Å². The standard InChI is InChI=1S/C21H17NO2/c23-19(13-14-7-2-1-3-8-14)21(24)17-11-6-10-16-15-9-4-5-12-18(15)22-20(16)17/h1-12,19,22-23H,13H2. The lowest BCUT2D eigenvalue weighted by molar-refractivity contribution is 0.0749. The number of hydrogen-bond donors (Lipinski definition) is 2. The number of benzene rings is 3. The quantitative estimate of drug-likeness (QED) is 0.557. The summed E-state index contributed by atoms with van der Waals surface area (Å²) in [6.07, 6.45) is -0.736. The first-order valence-corrected chi connectivity index (χ1v) is 7.99. The molecule has 0 aliphatic carbocycles. The highest BCUT2D eigenvalue weighted by molar-refractivity contribution is 6.16. The molecule has 2 N–H and O–H groups in total. The van der Waals surface area contributed by atoms with Gasteiger partial charge < -0.3 is 10.1 Å². The van der Waals surface area contributed by atoms with Gasteiger partial charge in [-0.15, -0.1) is 0 Å². The summed E-state index contributed by atoms with van der Waals surface area (Å²) in [5, 5.41) is 12.5. The van der Waals surface area contributed by atoms with Crippen LogP contribution in [0.3, 0.4) is 0 Å². The van der Waals surface area contributed by atoms with Gasteiger partial charge in [-0.1, -0.05) is 60.7 Å². The lowest BCUT2D eigenvalue weighted by Crippen LogP contribution is -2.23. The molecule has 3 heteroatoms. The fourth-order valence-electron chi connectivity index (χ4n) is 3.19. The molecule has 0 bridgehead atoms. The third kappa shape index (κ3) is 2.49. The smallest absolute Gasteiger partial charge is 0.193 e. The van der Waals surface area contributed by atoms with E-state index in [4.69, 9.17) is 0 Å². The van der Waals surface area contributed by atoms with Gasteiger partial charge in [-0.05, 0) is 17.7 Å². The Hall–Kier alpha value is -2.91. The average Bonchev–Trinajstić information content (AvgIpc) is 3.00. The number of nitrogens with one attached hydrogen (secondary N) is 1. The predicted octanol–water partition coefficient (Wildman–Crippen LogP) is 4.11. The van der Waals surface area contributed by atoms with Gasteiger partial charge in [0, 0.05) is 28.3 Å². The SMILES string of the molecule is O=C(c1cccc2c1[nH]c1ccccc12)C(O)Cc1ccccc1. The molecule has 1 atom stereocenters. The first-order chi connectivity index (χ1) is 11.7. The predicted molar refractivity (Wildman–Crippen MR) is 96.3 cm³/mol. The summed E-state index contributed by atoms with van der Waals surface area (Å²) in [5.41, 5.74) is 3.26. The van der Waals surface area contributed by atoms with Gasteiger partial charge in [0.05, 0.1) is 5.52 Å². The van der Waals surface area contributed by atoms with Crippen molar-refractivity contribution in [2.45, 2.75) is 12.5 Å². The zero-order valence-corrected chi connectivity index (χ0v) is 13.1. The van der Waals surface area contributed by atoms with Gasteiger partial charge in [-0.2, -0.15) is 0 Å². The van der Waals surface area contributed by atoms with Crippen molar-refractivity contribution < 1.29 is 9.90 Å². The molecule has 1 aromatic heterocycles. The summed E-state index contributed by atoms with van der Waals surface area (Å²) >= 11 is 0. The molecule has 0 aliphatic heterocycles. The van der Waals surface area contributed by atoms with Crippen LogP contribution in [0.2, 0.25) is 0 Å². The minimum absolute atomic E-state index is 0.254. The van der Waals surface area contributed by atoms with E-state index >= 15 is 0 Å². The number of aliphatic hydroxyl groups is 1. The number of H-pyrrole nitrogens is 1. The van der Waals surface area contributed by atoms with Gasteiger partial charge in [0.2, 0.25) is 0 Å². The number of para-hydroxylation sites is 2. The third-order valence-corrected chi connectivity index (χ3v) is 4.38. The maximum Gasteiger partial charge on any atom is 0.193 e. The number of aromatic nitrogens is 1. The molecule has 1 unspecified atom stereocenters. The van der Waals surface area contributed by atoms with Crippen LogP contribution in [0.4, 0.5) is 0 Å². The molecule has 0 fully saturated rings. The second-order valence-corrected chi connectivity index (χ2v) is 5.97. The number of rotatable bonds is 4. The molecule has 0 aliphatic rings. The van der Waals surface area contributed by atoms with Crippen LogP contribution in [0.25, 0.3) is 21.8 Å². The minimum atomic E-state index is -1.05. The van der Waals surface area contributed by atoms with E-state index in [1.807, 2.05) is 66.7 Å². The average molecular weight is 315 g/mol. The van der Waals surface area contributed by atoms with E-state index in [0.717, 1.165) is 27.4 Å². The highest BCUT2D eigenvalue weighted by Crippen LogP contribution is 2.28. The van der Waals surface area contributed by atoms with Gasteiger partial charge in [-0.25, -0.2) is 0 Å². The Bertz CT molecular complexity index is 1020. The molecule has 0 amide bonds. The van der Waals surface area contributed by atoms with E-state index in [1.54, 1.807) is 6.07 Å². The number of carbonyl (C=O) groups excluding carboxylic acids is 1. The van der Waals surface area contributed by atoms with Gasteiger partial charge in [0.1, 0.15) is 6.10 Å². The third-order valence-electron chi connectivity index (χ3n) is 4.38. The highest BCUT2D eigenvalue weighted by Gasteiger charge is 2.21. The Morgan fingerprint density at radius 2 is 1.58 bits per heavy atom. The number of aromatic amines is 1. The van der Waals surface area contributed by atoms with Crippen molar-refractivity contribution in [2.75, 3.05) is 0 Å². The maximum absolute atomic E-state index is 12.8. The topological polar surface area (TPSA) is 53.1 Å². The van der Waals surface area contributed by atoms with Gasteiger partial charge in [0.15, 0.2) is 5.78 Å². The monoisotopic (exact) mass is 315 g/mol. The maximum atomic E-state index is 12.8. The molecule has 3 nitrogen and oxygen atoms in total. The number of Topliss-reactive ketones (excluding diaryl/α,β-unsaturated/α-hetero) is 1. The van der Waals surface area contributed by atoms with Crippen molar-refractivity contribution in [1.82, 2.24) is 4.98 Å². The Labute approximate surface area is 139 Å². The van der Waals surface area contributed by atoms with Crippen LogP contribution in [0.15, 0.2) is 72.8 Å². The van der Waals surface area contributed by atoms with Crippen LogP contribution in [0.1, 0.15) is 15.9 Å². The number of hydrogen-bond acceptors (Lipinski definition) is 2. The first-order valence-electron chi connectivity index (χ1n) is 7.99. The lowest BCUT2D eigenvalue weighted by atomic mass is 9.98. The van der Waals surface area contributed by atoms with E-state index in [9.17, 15) is 9.90 Å². The zero-order chi connectivity index (χ0) is 16.5. The molecule has 24 heavy (non-hydrogen) atoms. The van der Waals surface area contributed by atoms with Crippen LogP contribution in [0, 0.1) is 0 Å². The van der Waals surface area contributed by atoms with Crippen molar-refractivity contribution in [1.29, 1.82) is 0 Å². The molecule has 0 radical (unpaired) electrons. The van der Waals surface area contributed by atoms with Crippen molar-refractivity contribution in [3.05, 3.63) is 83.9 Å². The summed E-state index contributed by atoms with van der Waals surface area (Å²) in [7, 11) is 0. The number of ketones is 1. The molecule has 0 saturated heterocycles. The zero-order valence-electron chi connectivity index (χ0n) is 13.1. The van der Waals surface area contributed by atoms with Crippen LogP contribution in [0.5, 0.6) is 0 Å². The van der Waals surface area contributed by atoms with Crippen molar-refractivity contribution >= 4 is 27.6 Å². The molecule has 118 valence electrons. The summed E-state index contributed by atoms with van der Waals surface area (Å²) in [6.45, 7) is 0. The van der Waals surface area contributed by atoms with E-state index in [2.05, 4.69) is 4.98 Å². The van der Waals surface area contributed by atoms with E-state index in [-0.39, 0.29) is 5.78 Å².